The van der Waals surface area contributed by atoms with Crippen molar-refractivity contribution >= 4 is 23.5 Å². The van der Waals surface area contributed by atoms with Crippen LogP contribution in [0.25, 0.3) is 6.08 Å². The molecule has 0 radical (unpaired) electrons. The summed E-state index contributed by atoms with van der Waals surface area (Å²) in [7, 11) is 0. The molecule has 19 heavy (non-hydrogen) atoms. The zero-order valence-electron chi connectivity index (χ0n) is 9.76. The minimum atomic E-state index is -0.213. The largest absolute Gasteiger partial charge is 0.508 e. The molecule has 0 unspecified atom stereocenters. The number of hydrogen-bond acceptors (Lipinski definition) is 3. The Labute approximate surface area is 114 Å². The number of halogens is 1. The van der Waals surface area contributed by atoms with Crippen molar-refractivity contribution in [1.82, 2.24) is 0 Å². The maximum absolute atomic E-state index is 12.1. The van der Waals surface area contributed by atoms with Crippen LogP contribution >= 0.6 is 11.6 Å². The van der Waals surface area contributed by atoms with E-state index in [9.17, 15) is 9.90 Å². The van der Waals surface area contributed by atoms with Crippen molar-refractivity contribution in [3.05, 3.63) is 64.4 Å². The molecule has 2 aromatic rings. The SMILES string of the molecule is O=C1/C(=C\c2ccccc2Cl)Oc2cc(O)ccc21. The van der Waals surface area contributed by atoms with Gasteiger partial charge in [-0.1, -0.05) is 29.8 Å². The smallest absolute Gasteiger partial charge is 0.231 e. The van der Waals surface area contributed by atoms with E-state index in [0.29, 0.717) is 21.9 Å². The van der Waals surface area contributed by atoms with E-state index in [1.165, 1.54) is 12.1 Å². The second kappa shape index (κ2) is 4.44. The number of phenols is 1. The van der Waals surface area contributed by atoms with Crippen molar-refractivity contribution < 1.29 is 14.6 Å². The number of phenolic OH excluding ortho intramolecular Hbond substituents is 1. The molecule has 1 heterocycles. The van der Waals surface area contributed by atoms with E-state index >= 15 is 0 Å². The summed E-state index contributed by atoms with van der Waals surface area (Å²) in [4.78, 5) is 12.1. The van der Waals surface area contributed by atoms with Gasteiger partial charge in [0.25, 0.3) is 0 Å². The summed E-state index contributed by atoms with van der Waals surface area (Å²) in [6, 6.07) is 11.6. The molecule has 0 amide bonds. The molecule has 0 atom stereocenters. The third-order valence-electron chi connectivity index (χ3n) is 2.85. The number of aromatic hydroxyl groups is 1. The monoisotopic (exact) mass is 272 g/mol. The van der Waals surface area contributed by atoms with Crippen LogP contribution in [0.2, 0.25) is 5.02 Å². The van der Waals surface area contributed by atoms with Gasteiger partial charge in [-0.2, -0.15) is 0 Å². The molecule has 94 valence electrons. The van der Waals surface area contributed by atoms with Crippen LogP contribution in [0.5, 0.6) is 11.5 Å². The second-order valence-corrected chi connectivity index (χ2v) is 4.55. The van der Waals surface area contributed by atoms with Gasteiger partial charge in [-0.25, -0.2) is 0 Å². The number of Topliss-reactive ketones (excluding diaryl/α,β-unsaturated/α-hetero) is 1. The van der Waals surface area contributed by atoms with E-state index in [2.05, 4.69) is 0 Å². The zero-order valence-corrected chi connectivity index (χ0v) is 10.5. The summed E-state index contributed by atoms with van der Waals surface area (Å²) < 4.78 is 5.45. The van der Waals surface area contributed by atoms with E-state index in [-0.39, 0.29) is 17.3 Å². The number of ether oxygens (including phenoxy) is 1. The molecule has 0 fully saturated rings. The first-order chi connectivity index (χ1) is 9.15. The van der Waals surface area contributed by atoms with Crippen LogP contribution in [0, 0.1) is 0 Å². The Morgan fingerprint density at radius 2 is 1.95 bits per heavy atom. The Balaban J connectivity index is 2.02. The van der Waals surface area contributed by atoms with Crippen molar-refractivity contribution in [2.24, 2.45) is 0 Å². The van der Waals surface area contributed by atoms with Gasteiger partial charge in [-0.05, 0) is 29.8 Å². The molecule has 1 aliphatic heterocycles. The number of benzene rings is 2. The highest BCUT2D eigenvalue weighted by molar-refractivity contribution is 6.32. The number of fused-ring (bicyclic) bond motifs is 1. The van der Waals surface area contributed by atoms with Gasteiger partial charge in [0.2, 0.25) is 5.78 Å². The van der Waals surface area contributed by atoms with Crippen LogP contribution in [0.1, 0.15) is 15.9 Å². The molecule has 1 N–H and O–H groups in total. The number of rotatable bonds is 1. The quantitative estimate of drug-likeness (QED) is 0.806. The molecule has 2 aromatic carbocycles. The highest BCUT2D eigenvalue weighted by atomic mass is 35.5. The summed E-state index contributed by atoms with van der Waals surface area (Å²) in [5.74, 6) is 0.414. The minimum absolute atomic E-state index is 0.0607. The first kappa shape index (κ1) is 11.8. The van der Waals surface area contributed by atoms with Gasteiger partial charge >= 0.3 is 0 Å². The lowest BCUT2D eigenvalue weighted by Gasteiger charge is -2.00. The van der Waals surface area contributed by atoms with Gasteiger partial charge in [-0.15, -0.1) is 0 Å². The highest BCUT2D eigenvalue weighted by Gasteiger charge is 2.27. The molecule has 0 saturated carbocycles. The zero-order chi connectivity index (χ0) is 13.4. The Hall–Kier alpha value is -2.26. The molecular weight excluding hydrogens is 264 g/mol. The lowest BCUT2D eigenvalue weighted by atomic mass is 10.1. The number of hydrogen-bond donors (Lipinski definition) is 1. The van der Waals surface area contributed by atoms with Crippen LogP contribution in [0.4, 0.5) is 0 Å². The van der Waals surface area contributed by atoms with Crippen molar-refractivity contribution in [3.8, 4) is 11.5 Å². The van der Waals surface area contributed by atoms with E-state index in [1.54, 1.807) is 24.3 Å². The topological polar surface area (TPSA) is 46.5 Å². The molecule has 0 bridgehead atoms. The van der Waals surface area contributed by atoms with Gasteiger partial charge in [0.15, 0.2) is 5.76 Å². The predicted octanol–water partition coefficient (Wildman–Crippen LogP) is 3.66. The first-order valence-electron chi connectivity index (χ1n) is 5.67. The van der Waals surface area contributed by atoms with Crippen molar-refractivity contribution in [2.75, 3.05) is 0 Å². The maximum Gasteiger partial charge on any atom is 0.231 e. The fourth-order valence-electron chi connectivity index (χ4n) is 1.91. The Morgan fingerprint density at radius 1 is 1.16 bits per heavy atom. The molecule has 0 aromatic heterocycles. The number of carbonyl (C=O) groups is 1. The molecule has 0 spiro atoms. The van der Waals surface area contributed by atoms with Crippen molar-refractivity contribution in [3.63, 3.8) is 0 Å². The van der Waals surface area contributed by atoms with Crippen LogP contribution in [-0.2, 0) is 0 Å². The Bertz CT molecular complexity index is 704. The number of ketones is 1. The minimum Gasteiger partial charge on any atom is -0.508 e. The molecular formula is C15H9ClO3. The summed E-state index contributed by atoms with van der Waals surface area (Å²) >= 11 is 6.04. The molecule has 0 aliphatic carbocycles. The van der Waals surface area contributed by atoms with Gasteiger partial charge in [-0.3, -0.25) is 4.79 Å². The third kappa shape index (κ3) is 2.09. The third-order valence-corrected chi connectivity index (χ3v) is 3.19. The average molecular weight is 273 g/mol. The predicted molar refractivity (Wildman–Crippen MR) is 72.5 cm³/mol. The summed E-state index contributed by atoms with van der Waals surface area (Å²) in [6.45, 7) is 0. The Kier molecular flexibility index (Phi) is 2.76. The van der Waals surface area contributed by atoms with Crippen LogP contribution < -0.4 is 4.74 Å². The lowest BCUT2D eigenvalue weighted by Crippen LogP contribution is -1.98. The fourth-order valence-corrected chi connectivity index (χ4v) is 2.10. The van der Waals surface area contributed by atoms with Crippen LogP contribution in [-0.4, -0.2) is 10.9 Å². The average Bonchev–Trinajstić information content (AvgIpc) is 2.68. The van der Waals surface area contributed by atoms with Gasteiger partial charge in [0.1, 0.15) is 11.5 Å². The normalized spacial score (nSPS) is 15.4. The second-order valence-electron chi connectivity index (χ2n) is 4.14. The Morgan fingerprint density at radius 3 is 2.74 bits per heavy atom. The van der Waals surface area contributed by atoms with E-state index in [1.807, 2.05) is 12.1 Å². The molecule has 0 saturated heterocycles. The highest BCUT2D eigenvalue weighted by Crippen LogP contribution is 2.34. The summed E-state index contributed by atoms with van der Waals surface area (Å²) in [5, 5.41) is 9.92. The van der Waals surface area contributed by atoms with E-state index < -0.39 is 0 Å². The lowest BCUT2D eigenvalue weighted by molar-refractivity contribution is 0.101. The number of allylic oxidation sites excluding steroid dienone is 1. The number of carbonyl (C=O) groups excluding carboxylic acids is 1. The van der Waals surface area contributed by atoms with E-state index in [4.69, 9.17) is 16.3 Å². The fraction of sp³-hybridized carbons (Fsp3) is 0. The van der Waals surface area contributed by atoms with Crippen molar-refractivity contribution in [1.29, 1.82) is 0 Å². The van der Waals surface area contributed by atoms with Gasteiger partial charge < -0.3 is 9.84 Å². The van der Waals surface area contributed by atoms with E-state index in [0.717, 1.165) is 0 Å². The maximum atomic E-state index is 12.1. The summed E-state index contributed by atoms with van der Waals surface area (Å²) in [5.41, 5.74) is 1.15. The molecule has 3 nitrogen and oxygen atoms in total. The van der Waals surface area contributed by atoms with Crippen molar-refractivity contribution in [2.45, 2.75) is 0 Å². The molecule has 1 aliphatic rings. The van der Waals surface area contributed by atoms with Gasteiger partial charge in [0.05, 0.1) is 5.56 Å². The van der Waals surface area contributed by atoms with Gasteiger partial charge in [0, 0.05) is 11.1 Å². The molecule has 4 heteroatoms. The van der Waals surface area contributed by atoms with Crippen LogP contribution in [0.15, 0.2) is 48.2 Å². The molecule has 3 rings (SSSR count). The van der Waals surface area contributed by atoms with Crippen LogP contribution in [0.3, 0.4) is 0 Å². The summed E-state index contributed by atoms with van der Waals surface area (Å²) in [6.07, 6.45) is 1.60. The standard InChI is InChI=1S/C15H9ClO3/c16-12-4-2-1-3-9(12)7-14-15(18)11-6-5-10(17)8-13(11)19-14/h1-8,17H/b14-7+. The first-order valence-corrected chi connectivity index (χ1v) is 6.05.